The fourth-order valence-corrected chi connectivity index (χ4v) is 1.49. The summed E-state index contributed by atoms with van der Waals surface area (Å²) in [6, 6.07) is 4.31. The van der Waals surface area contributed by atoms with Crippen LogP contribution in [0.4, 0.5) is 0 Å². The molecule has 0 aliphatic heterocycles. The third kappa shape index (κ3) is 2.11. The Hall–Kier alpha value is -0.760. The Morgan fingerprint density at radius 2 is 2.17 bits per heavy atom. The molecule has 0 aliphatic rings. The van der Waals surface area contributed by atoms with Crippen molar-refractivity contribution in [3.8, 4) is 0 Å². The second kappa shape index (κ2) is 3.76. The largest absolute Gasteiger partial charge is 0.353 e. The van der Waals surface area contributed by atoms with Crippen molar-refractivity contribution in [2.45, 2.75) is 26.3 Å². The van der Waals surface area contributed by atoms with E-state index in [4.69, 9.17) is 5.73 Å². The van der Waals surface area contributed by atoms with Crippen molar-refractivity contribution in [3.63, 3.8) is 0 Å². The van der Waals surface area contributed by atoms with Crippen LogP contribution in [0.2, 0.25) is 0 Å². The fourth-order valence-electron chi connectivity index (χ4n) is 1.49. The summed E-state index contributed by atoms with van der Waals surface area (Å²) < 4.78 is 2.09. The van der Waals surface area contributed by atoms with Crippen LogP contribution in [0.15, 0.2) is 18.3 Å². The minimum absolute atomic E-state index is 0.185. The summed E-state index contributed by atoms with van der Waals surface area (Å²) in [7, 11) is 2.04. The smallest absolute Gasteiger partial charge is 0.0452 e. The summed E-state index contributed by atoms with van der Waals surface area (Å²) in [6.07, 6.45) is 3.09. The third-order valence-corrected chi connectivity index (χ3v) is 2.09. The van der Waals surface area contributed by atoms with E-state index in [1.807, 2.05) is 19.3 Å². The van der Waals surface area contributed by atoms with E-state index in [-0.39, 0.29) is 6.04 Å². The molecule has 0 amide bonds. The fraction of sp³-hybridized carbons (Fsp3) is 0.600. The first-order valence-corrected chi connectivity index (χ1v) is 4.48. The zero-order valence-corrected chi connectivity index (χ0v) is 8.12. The van der Waals surface area contributed by atoms with Gasteiger partial charge < -0.3 is 10.3 Å². The molecule has 0 saturated heterocycles. The Labute approximate surface area is 74.4 Å². The molecule has 0 fully saturated rings. The second-order valence-electron chi connectivity index (χ2n) is 3.78. The molecule has 1 aromatic rings. The van der Waals surface area contributed by atoms with Crippen molar-refractivity contribution in [3.05, 3.63) is 24.0 Å². The molecule has 0 bridgehead atoms. The van der Waals surface area contributed by atoms with Crippen molar-refractivity contribution < 1.29 is 0 Å². The lowest BCUT2D eigenvalue weighted by Crippen LogP contribution is -2.15. The van der Waals surface area contributed by atoms with Crippen molar-refractivity contribution in [1.29, 1.82) is 0 Å². The monoisotopic (exact) mass is 166 g/mol. The van der Waals surface area contributed by atoms with Crippen LogP contribution in [-0.2, 0) is 7.05 Å². The predicted octanol–water partition coefficient (Wildman–Crippen LogP) is 2.07. The number of hydrogen-bond donors (Lipinski definition) is 1. The van der Waals surface area contributed by atoms with Gasteiger partial charge >= 0.3 is 0 Å². The molecule has 0 aromatic carbocycles. The molecule has 1 heterocycles. The number of nitrogens with zero attached hydrogens (tertiary/aromatic N) is 1. The van der Waals surface area contributed by atoms with E-state index in [9.17, 15) is 0 Å². The van der Waals surface area contributed by atoms with E-state index in [1.165, 1.54) is 5.69 Å². The van der Waals surface area contributed by atoms with Crippen molar-refractivity contribution in [2.24, 2.45) is 18.7 Å². The molecule has 2 N–H and O–H groups in total. The number of hydrogen-bond acceptors (Lipinski definition) is 1. The lowest BCUT2D eigenvalue weighted by atomic mass is 10.0. The van der Waals surface area contributed by atoms with Crippen LogP contribution in [0.25, 0.3) is 0 Å². The summed E-state index contributed by atoms with van der Waals surface area (Å²) in [5.41, 5.74) is 7.25. The minimum Gasteiger partial charge on any atom is -0.353 e. The molecule has 0 saturated carbocycles. The van der Waals surface area contributed by atoms with E-state index in [0.29, 0.717) is 5.92 Å². The topological polar surface area (TPSA) is 30.9 Å². The van der Waals surface area contributed by atoms with Gasteiger partial charge in [0.1, 0.15) is 0 Å². The van der Waals surface area contributed by atoms with Crippen molar-refractivity contribution in [2.75, 3.05) is 0 Å². The molecule has 0 aliphatic carbocycles. The quantitative estimate of drug-likeness (QED) is 0.732. The van der Waals surface area contributed by atoms with Gasteiger partial charge in [-0.2, -0.15) is 0 Å². The average molecular weight is 166 g/mol. The summed E-state index contributed by atoms with van der Waals surface area (Å²) in [4.78, 5) is 0. The van der Waals surface area contributed by atoms with Gasteiger partial charge in [-0.25, -0.2) is 0 Å². The predicted molar refractivity (Wildman–Crippen MR) is 51.8 cm³/mol. The molecule has 0 spiro atoms. The Morgan fingerprint density at radius 1 is 1.50 bits per heavy atom. The minimum atomic E-state index is 0.185. The van der Waals surface area contributed by atoms with Crippen molar-refractivity contribution >= 4 is 0 Å². The highest BCUT2D eigenvalue weighted by Crippen LogP contribution is 2.17. The number of aryl methyl sites for hydroxylation is 1. The zero-order chi connectivity index (χ0) is 9.14. The molecule has 1 atom stereocenters. The first-order valence-electron chi connectivity index (χ1n) is 4.48. The maximum Gasteiger partial charge on any atom is 0.0452 e. The van der Waals surface area contributed by atoms with Crippen LogP contribution in [0, 0.1) is 5.92 Å². The van der Waals surface area contributed by atoms with Crippen LogP contribution in [0.3, 0.4) is 0 Å². The van der Waals surface area contributed by atoms with Gasteiger partial charge in [0.25, 0.3) is 0 Å². The maximum atomic E-state index is 6.02. The van der Waals surface area contributed by atoms with E-state index in [2.05, 4.69) is 24.5 Å². The number of nitrogens with two attached hydrogens (primary N) is 1. The molecule has 2 heteroatoms. The van der Waals surface area contributed by atoms with Crippen LogP contribution in [0.1, 0.15) is 32.0 Å². The summed E-state index contributed by atoms with van der Waals surface area (Å²) in [6.45, 7) is 4.39. The highest BCUT2D eigenvalue weighted by Gasteiger charge is 2.09. The third-order valence-electron chi connectivity index (χ3n) is 2.09. The second-order valence-corrected chi connectivity index (χ2v) is 3.78. The first kappa shape index (κ1) is 9.33. The molecule has 1 rings (SSSR count). The molecule has 0 radical (unpaired) electrons. The Bertz CT molecular complexity index is 238. The normalized spacial score (nSPS) is 13.8. The van der Waals surface area contributed by atoms with E-state index in [0.717, 1.165) is 6.42 Å². The van der Waals surface area contributed by atoms with Gasteiger partial charge in [0.15, 0.2) is 0 Å². The zero-order valence-electron chi connectivity index (χ0n) is 8.12. The standard InChI is InChI=1S/C10H18N2/c1-8(2)7-9(11)10-5-4-6-12(10)3/h4-6,8-9H,7,11H2,1-3H3/t9-/m0/s1. The van der Waals surface area contributed by atoms with Gasteiger partial charge in [0.05, 0.1) is 0 Å². The van der Waals surface area contributed by atoms with Crippen LogP contribution >= 0.6 is 0 Å². The van der Waals surface area contributed by atoms with Gasteiger partial charge in [-0.3, -0.25) is 0 Å². The van der Waals surface area contributed by atoms with Crippen LogP contribution in [-0.4, -0.2) is 4.57 Å². The summed E-state index contributed by atoms with van der Waals surface area (Å²) in [5.74, 6) is 0.662. The highest BCUT2D eigenvalue weighted by atomic mass is 14.9. The molecule has 12 heavy (non-hydrogen) atoms. The number of rotatable bonds is 3. The molecular weight excluding hydrogens is 148 g/mol. The lowest BCUT2D eigenvalue weighted by molar-refractivity contribution is 0.493. The van der Waals surface area contributed by atoms with E-state index in [1.54, 1.807) is 0 Å². The molecule has 1 aromatic heterocycles. The van der Waals surface area contributed by atoms with Gasteiger partial charge in [-0.15, -0.1) is 0 Å². The maximum absolute atomic E-state index is 6.02. The average Bonchev–Trinajstić information content (AvgIpc) is 2.33. The van der Waals surface area contributed by atoms with Gasteiger partial charge in [0, 0.05) is 25.0 Å². The SMILES string of the molecule is CC(C)C[C@H](N)c1cccn1C. The van der Waals surface area contributed by atoms with Gasteiger partial charge in [-0.05, 0) is 24.5 Å². The molecule has 68 valence electrons. The Kier molecular flexibility index (Phi) is 2.93. The lowest BCUT2D eigenvalue weighted by Gasteiger charge is -2.14. The van der Waals surface area contributed by atoms with Gasteiger partial charge in [0.2, 0.25) is 0 Å². The van der Waals surface area contributed by atoms with Crippen LogP contribution < -0.4 is 5.73 Å². The van der Waals surface area contributed by atoms with Crippen molar-refractivity contribution in [1.82, 2.24) is 4.57 Å². The Morgan fingerprint density at radius 3 is 2.58 bits per heavy atom. The highest BCUT2D eigenvalue weighted by molar-refractivity contribution is 5.10. The summed E-state index contributed by atoms with van der Waals surface area (Å²) >= 11 is 0. The number of aromatic nitrogens is 1. The molecule has 0 unspecified atom stereocenters. The first-order chi connectivity index (χ1) is 5.61. The van der Waals surface area contributed by atoms with Crippen LogP contribution in [0.5, 0.6) is 0 Å². The van der Waals surface area contributed by atoms with E-state index >= 15 is 0 Å². The molecule has 2 nitrogen and oxygen atoms in total. The van der Waals surface area contributed by atoms with Gasteiger partial charge in [-0.1, -0.05) is 13.8 Å². The summed E-state index contributed by atoms with van der Waals surface area (Å²) in [5, 5.41) is 0. The van der Waals surface area contributed by atoms with E-state index < -0.39 is 0 Å². The molecular formula is C10H18N2. The Balaban J connectivity index is 2.65.